The van der Waals surface area contributed by atoms with E-state index in [-0.39, 0.29) is 5.91 Å². The minimum Gasteiger partial charge on any atom is -0.398 e. The third-order valence-electron chi connectivity index (χ3n) is 2.97. The lowest BCUT2D eigenvalue weighted by molar-refractivity contribution is 0.0785. The molecule has 0 aliphatic carbocycles. The van der Waals surface area contributed by atoms with Crippen molar-refractivity contribution in [2.24, 2.45) is 0 Å². The normalized spacial score (nSPS) is 10.3. The highest BCUT2D eigenvalue weighted by atomic mass is 35.5. The van der Waals surface area contributed by atoms with E-state index >= 15 is 0 Å². The molecule has 0 heterocycles. The number of anilines is 1. The molecule has 2 N–H and O–H groups in total. The van der Waals surface area contributed by atoms with Crippen LogP contribution in [0.1, 0.15) is 15.9 Å². The van der Waals surface area contributed by atoms with Gasteiger partial charge < -0.3 is 10.6 Å². The molecule has 0 radical (unpaired) electrons. The van der Waals surface area contributed by atoms with Crippen LogP contribution in [-0.2, 0) is 6.54 Å². The van der Waals surface area contributed by atoms with Crippen molar-refractivity contribution in [1.29, 1.82) is 0 Å². The molecule has 0 aromatic heterocycles. The molecule has 1 amide bonds. The predicted octanol–water partition coefficient (Wildman–Crippen LogP) is 3.85. The Kier molecular flexibility index (Phi) is 4.53. The van der Waals surface area contributed by atoms with E-state index in [2.05, 4.69) is 0 Å². The molecule has 0 aliphatic heterocycles. The maximum atomic E-state index is 12.4. The van der Waals surface area contributed by atoms with Crippen molar-refractivity contribution < 1.29 is 4.79 Å². The van der Waals surface area contributed by atoms with Gasteiger partial charge >= 0.3 is 0 Å². The Morgan fingerprint density at radius 3 is 2.60 bits per heavy atom. The second-order valence-electron chi connectivity index (χ2n) is 4.48. The second-order valence-corrected chi connectivity index (χ2v) is 5.33. The molecular weight excluding hydrogens is 295 g/mol. The number of para-hydroxylation sites is 1. The summed E-state index contributed by atoms with van der Waals surface area (Å²) >= 11 is 11.9. The van der Waals surface area contributed by atoms with E-state index in [9.17, 15) is 4.79 Å². The Bertz CT molecular complexity index is 644. The molecule has 0 bridgehead atoms. The lowest BCUT2D eigenvalue weighted by Gasteiger charge is -2.19. The molecule has 0 aliphatic rings. The van der Waals surface area contributed by atoms with E-state index in [1.807, 2.05) is 18.2 Å². The number of rotatable bonds is 3. The van der Waals surface area contributed by atoms with Crippen molar-refractivity contribution in [3.8, 4) is 0 Å². The first-order valence-corrected chi connectivity index (χ1v) is 6.78. The fraction of sp³-hybridized carbons (Fsp3) is 0.133. The number of hydrogen-bond acceptors (Lipinski definition) is 2. The average molecular weight is 309 g/mol. The van der Waals surface area contributed by atoms with Gasteiger partial charge in [0.1, 0.15) is 0 Å². The molecule has 5 heteroatoms. The third-order valence-corrected chi connectivity index (χ3v) is 3.53. The third kappa shape index (κ3) is 3.24. The number of amides is 1. The maximum absolute atomic E-state index is 12.4. The first kappa shape index (κ1) is 14.7. The lowest BCUT2D eigenvalue weighted by atomic mass is 10.1. The summed E-state index contributed by atoms with van der Waals surface area (Å²) in [4.78, 5) is 13.9. The fourth-order valence-corrected chi connectivity index (χ4v) is 2.24. The highest BCUT2D eigenvalue weighted by Crippen LogP contribution is 2.23. The van der Waals surface area contributed by atoms with Gasteiger partial charge in [0.15, 0.2) is 0 Å². The number of carbonyl (C=O) groups is 1. The quantitative estimate of drug-likeness (QED) is 0.875. The Hall–Kier alpha value is -1.71. The van der Waals surface area contributed by atoms with Crippen LogP contribution in [0.2, 0.25) is 10.0 Å². The Morgan fingerprint density at radius 2 is 1.90 bits per heavy atom. The van der Waals surface area contributed by atoms with Crippen LogP contribution in [0.3, 0.4) is 0 Å². The second kappa shape index (κ2) is 6.16. The van der Waals surface area contributed by atoms with Crippen molar-refractivity contribution in [1.82, 2.24) is 4.90 Å². The summed E-state index contributed by atoms with van der Waals surface area (Å²) in [5.74, 6) is -0.194. The minimum absolute atomic E-state index is 0.194. The summed E-state index contributed by atoms with van der Waals surface area (Å²) in [6, 6.07) is 12.3. The SMILES string of the molecule is CN(Cc1ccccc1N)C(=O)c1cc(Cl)ccc1Cl. The molecule has 0 spiro atoms. The molecular formula is C15H14Cl2N2O. The molecule has 104 valence electrons. The van der Waals surface area contributed by atoms with Crippen molar-refractivity contribution in [3.05, 3.63) is 63.6 Å². The van der Waals surface area contributed by atoms with Crippen LogP contribution in [0.15, 0.2) is 42.5 Å². The number of carbonyl (C=O) groups excluding carboxylic acids is 1. The Labute approximate surface area is 127 Å². The predicted molar refractivity (Wildman–Crippen MR) is 83.1 cm³/mol. The standard InChI is InChI=1S/C15H14Cl2N2O/c1-19(9-10-4-2-3-5-14(10)18)15(20)12-8-11(16)6-7-13(12)17/h2-8H,9,18H2,1H3. The average Bonchev–Trinajstić information content (AvgIpc) is 2.43. The Morgan fingerprint density at radius 1 is 1.20 bits per heavy atom. The van der Waals surface area contributed by atoms with Crippen molar-refractivity contribution >= 4 is 34.8 Å². The highest BCUT2D eigenvalue weighted by molar-refractivity contribution is 6.35. The molecule has 20 heavy (non-hydrogen) atoms. The van der Waals surface area contributed by atoms with Crippen LogP contribution in [0.4, 0.5) is 5.69 Å². The molecule has 0 fully saturated rings. The van der Waals surface area contributed by atoms with Crippen molar-refractivity contribution in [2.75, 3.05) is 12.8 Å². The van der Waals surface area contributed by atoms with Gasteiger partial charge in [0, 0.05) is 24.3 Å². The van der Waals surface area contributed by atoms with Gasteiger partial charge in [0.05, 0.1) is 10.6 Å². The molecule has 0 atom stereocenters. The number of nitrogen functional groups attached to an aromatic ring is 1. The summed E-state index contributed by atoms with van der Waals surface area (Å²) in [6.07, 6.45) is 0. The van der Waals surface area contributed by atoms with Crippen LogP contribution in [0, 0.1) is 0 Å². The Balaban J connectivity index is 2.21. The molecule has 3 nitrogen and oxygen atoms in total. The van der Waals surface area contributed by atoms with E-state index in [0.717, 1.165) is 5.56 Å². The van der Waals surface area contributed by atoms with Gasteiger partial charge in [-0.2, -0.15) is 0 Å². The van der Waals surface area contributed by atoms with Crippen molar-refractivity contribution in [3.63, 3.8) is 0 Å². The number of nitrogens with zero attached hydrogens (tertiary/aromatic N) is 1. The zero-order valence-corrected chi connectivity index (χ0v) is 12.4. The summed E-state index contributed by atoms with van der Waals surface area (Å²) < 4.78 is 0. The van der Waals surface area contributed by atoms with Crippen molar-refractivity contribution in [2.45, 2.75) is 6.54 Å². The van der Waals surface area contributed by atoms with E-state index < -0.39 is 0 Å². The smallest absolute Gasteiger partial charge is 0.255 e. The molecule has 2 aromatic carbocycles. The summed E-state index contributed by atoms with van der Waals surface area (Å²) in [5.41, 5.74) is 7.81. The van der Waals surface area contributed by atoms with E-state index in [4.69, 9.17) is 28.9 Å². The monoisotopic (exact) mass is 308 g/mol. The summed E-state index contributed by atoms with van der Waals surface area (Å²) in [7, 11) is 1.70. The minimum atomic E-state index is -0.194. The van der Waals surface area contributed by atoms with E-state index in [1.54, 1.807) is 36.2 Å². The molecule has 0 unspecified atom stereocenters. The summed E-state index contributed by atoms with van der Waals surface area (Å²) in [6.45, 7) is 0.411. The van der Waals surface area contributed by atoms with Crippen LogP contribution < -0.4 is 5.73 Å². The summed E-state index contributed by atoms with van der Waals surface area (Å²) in [5, 5.41) is 0.859. The van der Waals surface area contributed by atoms with Gasteiger partial charge in [-0.1, -0.05) is 41.4 Å². The van der Waals surface area contributed by atoms with Gasteiger partial charge in [0.2, 0.25) is 0 Å². The van der Waals surface area contributed by atoms with E-state index in [1.165, 1.54) is 0 Å². The maximum Gasteiger partial charge on any atom is 0.255 e. The molecule has 0 saturated carbocycles. The number of benzene rings is 2. The first-order chi connectivity index (χ1) is 9.49. The molecule has 0 saturated heterocycles. The fourth-order valence-electron chi connectivity index (χ4n) is 1.87. The zero-order chi connectivity index (χ0) is 14.7. The highest BCUT2D eigenvalue weighted by Gasteiger charge is 2.16. The van der Waals surface area contributed by atoms with Gasteiger partial charge in [-0.15, -0.1) is 0 Å². The first-order valence-electron chi connectivity index (χ1n) is 6.03. The molecule has 2 aromatic rings. The van der Waals surface area contributed by atoms with Crippen LogP contribution in [0.25, 0.3) is 0 Å². The van der Waals surface area contributed by atoms with Gasteiger partial charge in [-0.05, 0) is 29.8 Å². The van der Waals surface area contributed by atoms with Gasteiger partial charge in [-0.3, -0.25) is 4.79 Å². The van der Waals surface area contributed by atoms with Crippen LogP contribution >= 0.6 is 23.2 Å². The van der Waals surface area contributed by atoms with Crippen LogP contribution in [0.5, 0.6) is 0 Å². The van der Waals surface area contributed by atoms with Gasteiger partial charge in [0.25, 0.3) is 5.91 Å². The lowest BCUT2D eigenvalue weighted by Crippen LogP contribution is -2.26. The number of nitrogens with two attached hydrogens (primary N) is 1. The molecule has 2 rings (SSSR count). The zero-order valence-electron chi connectivity index (χ0n) is 10.9. The topological polar surface area (TPSA) is 46.3 Å². The van der Waals surface area contributed by atoms with E-state index in [0.29, 0.717) is 27.8 Å². The largest absolute Gasteiger partial charge is 0.398 e. The van der Waals surface area contributed by atoms with Gasteiger partial charge in [-0.25, -0.2) is 0 Å². The number of hydrogen-bond donors (Lipinski definition) is 1. The van der Waals surface area contributed by atoms with Crippen LogP contribution in [-0.4, -0.2) is 17.9 Å². The number of halogens is 2.